The smallest absolute Gasteiger partial charge is 0.223 e. The number of hydrogen-bond acceptors (Lipinski definition) is 3. The summed E-state index contributed by atoms with van der Waals surface area (Å²) in [5, 5.41) is 0. The summed E-state index contributed by atoms with van der Waals surface area (Å²) in [6, 6.07) is 7.90. The van der Waals surface area contributed by atoms with Gasteiger partial charge in [0, 0.05) is 36.0 Å². The van der Waals surface area contributed by atoms with Gasteiger partial charge in [-0.2, -0.15) is 0 Å². The van der Waals surface area contributed by atoms with Gasteiger partial charge in [0.1, 0.15) is 0 Å². The lowest BCUT2D eigenvalue weighted by Crippen LogP contribution is -2.35. The fourth-order valence-corrected chi connectivity index (χ4v) is 3.12. The Morgan fingerprint density at radius 3 is 2.86 bits per heavy atom. The average Bonchev–Trinajstić information content (AvgIpc) is 3.02. The molecule has 22 heavy (non-hydrogen) atoms. The van der Waals surface area contributed by atoms with Crippen molar-refractivity contribution in [1.29, 1.82) is 0 Å². The molecule has 2 heterocycles. The van der Waals surface area contributed by atoms with Gasteiger partial charge in [-0.1, -0.05) is 28.1 Å². The number of hydrogen-bond donors (Lipinski definition) is 0. The Morgan fingerprint density at radius 1 is 1.27 bits per heavy atom. The molecule has 116 valence electrons. The van der Waals surface area contributed by atoms with Gasteiger partial charge in [-0.25, -0.2) is 4.98 Å². The first-order valence-corrected chi connectivity index (χ1v) is 8.50. The molecule has 1 aliphatic heterocycles. The molecule has 5 heteroatoms. The molecule has 1 aromatic carbocycles. The van der Waals surface area contributed by atoms with Gasteiger partial charge >= 0.3 is 0 Å². The van der Waals surface area contributed by atoms with Crippen molar-refractivity contribution in [2.75, 3.05) is 13.1 Å². The number of carbonyl (C=O) groups excluding carboxylic acids is 1. The van der Waals surface area contributed by atoms with Crippen LogP contribution >= 0.6 is 15.9 Å². The highest BCUT2D eigenvalue weighted by molar-refractivity contribution is 9.10. The van der Waals surface area contributed by atoms with Crippen molar-refractivity contribution < 1.29 is 9.21 Å². The first kappa shape index (κ1) is 15.3. The highest BCUT2D eigenvalue weighted by atomic mass is 79.9. The summed E-state index contributed by atoms with van der Waals surface area (Å²) in [4.78, 5) is 18.4. The largest absolute Gasteiger partial charge is 0.441 e. The van der Waals surface area contributed by atoms with Crippen molar-refractivity contribution in [3.63, 3.8) is 0 Å². The van der Waals surface area contributed by atoms with E-state index in [-0.39, 0.29) is 5.91 Å². The lowest BCUT2D eigenvalue weighted by atomic mass is 10.1. The number of aryl methyl sites for hydroxylation is 1. The first-order valence-electron chi connectivity index (χ1n) is 7.71. The highest BCUT2D eigenvalue weighted by Gasteiger charge is 2.17. The van der Waals surface area contributed by atoms with Crippen LogP contribution in [-0.2, 0) is 11.2 Å². The third-order valence-corrected chi connectivity index (χ3v) is 4.42. The Hall–Kier alpha value is -1.62. The van der Waals surface area contributed by atoms with Crippen LogP contribution in [-0.4, -0.2) is 28.9 Å². The van der Waals surface area contributed by atoms with Crippen molar-refractivity contribution in [2.45, 2.75) is 32.1 Å². The second-order valence-corrected chi connectivity index (χ2v) is 6.49. The molecular weight excluding hydrogens is 344 g/mol. The molecule has 4 nitrogen and oxygen atoms in total. The van der Waals surface area contributed by atoms with Crippen molar-refractivity contribution >= 4 is 21.8 Å². The fourth-order valence-electron chi connectivity index (χ4n) is 2.72. The van der Waals surface area contributed by atoms with Crippen LogP contribution in [0.3, 0.4) is 0 Å². The monoisotopic (exact) mass is 362 g/mol. The Kier molecular flexibility index (Phi) is 4.93. The van der Waals surface area contributed by atoms with E-state index in [4.69, 9.17) is 4.42 Å². The number of halogens is 1. The minimum absolute atomic E-state index is 0.210. The maximum absolute atomic E-state index is 12.1. The lowest BCUT2D eigenvalue weighted by Gasteiger charge is -2.26. The molecule has 1 saturated heterocycles. The normalized spacial score (nSPS) is 15.0. The van der Waals surface area contributed by atoms with Gasteiger partial charge in [-0.3, -0.25) is 4.79 Å². The Morgan fingerprint density at radius 2 is 2.09 bits per heavy atom. The van der Waals surface area contributed by atoms with Crippen LogP contribution in [0.4, 0.5) is 0 Å². The number of amides is 1. The molecule has 1 aliphatic rings. The topological polar surface area (TPSA) is 46.3 Å². The van der Waals surface area contributed by atoms with Gasteiger partial charge in [-0.05, 0) is 31.4 Å². The molecule has 0 aliphatic carbocycles. The molecule has 0 spiro atoms. The summed E-state index contributed by atoms with van der Waals surface area (Å²) in [6.45, 7) is 1.79. The molecule has 1 amide bonds. The second-order valence-electron chi connectivity index (χ2n) is 5.57. The lowest BCUT2D eigenvalue weighted by molar-refractivity contribution is -0.132. The minimum Gasteiger partial charge on any atom is -0.441 e. The summed E-state index contributed by atoms with van der Waals surface area (Å²) < 4.78 is 6.76. The zero-order chi connectivity index (χ0) is 15.4. The second kappa shape index (κ2) is 7.09. The summed E-state index contributed by atoms with van der Waals surface area (Å²) in [5.41, 5.74) is 0.982. The molecule has 1 fully saturated rings. The number of piperidine rings is 1. The van der Waals surface area contributed by atoms with Gasteiger partial charge < -0.3 is 9.32 Å². The average molecular weight is 363 g/mol. The Bertz CT molecular complexity index is 648. The van der Waals surface area contributed by atoms with Crippen molar-refractivity contribution in [1.82, 2.24) is 9.88 Å². The molecule has 0 saturated carbocycles. The van der Waals surface area contributed by atoms with E-state index in [2.05, 4.69) is 20.9 Å². The predicted octanol–water partition coefficient (Wildman–Crippen LogP) is 4.05. The van der Waals surface area contributed by atoms with Crippen LogP contribution in [0, 0.1) is 0 Å². The molecule has 0 radical (unpaired) electrons. The van der Waals surface area contributed by atoms with Gasteiger partial charge in [0.05, 0.1) is 6.20 Å². The number of nitrogens with zero attached hydrogens (tertiary/aromatic N) is 2. The highest BCUT2D eigenvalue weighted by Crippen LogP contribution is 2.24. The van der Waals surface area contributed by atoms with E-state index in [1.54, 1.807) is 6.20 Å². The number of oxazole rings is 1. The van der Waals surface area contributed by atoms with Crippen LogP contribution in [0.2, 0.25) is 0 Å². The van der Waals surface area contributed by atoms with Crippen molar-refractivity contribution in [3.05, 3.63) is 40.8 Å². The number of rotatable bonds is 4. The molecule has 0 N–H and O–H groups in total. The predicted molar refractivity (Wildman–Crippen MR) is 88.4 cm³/mol. The van der Waals surface area contributed by atoms with Crippen LogP contribution in [0.5, 0.6) is 0 Å². The van der Waals surface area contributed by atoms with E-state index < -0.39 is 0 Å². The van der Waals surface area contributed by atoms with E-state index in [0.29, 0.717) is 18.7 Å². The SMILES string of the molecule is O=C(CCc1ncc(-c2cccc(Br)c2)o1)N1CCCCC1. The first-order chi connectivity index (χ1) is 10.7. The van der Waals surface area contributed by atoms with Crippen LogP contribution < -0.4 is 0 Å². The molecule has 3 rings (SSSR count). The van der Waals surface area contributed by atoms with E-state index in [9.17, 15) is 4.79 Å². The summed E-state index contributed by atoms with van der Waals surface area (Å²) >= 11 is 3.45. The summed E-state index contributed by atoms with van der Waals surface area (Å²) in [5.74, 6) is 1.57. The minimum atomic E-state index is 0.210. The Labute approximate surface area is 138 Å². The number of aromatic nitrogens is 1. The third-order valence-electron chi connectivity index (χ3n) is 3.92. The van der Waals surface area contributed by atoms with Gasteiger partial charge in [-0.15, -0.1) is 0 Å². The molecule has 0 bridgehead atoms. The summed E-state index contributed by atoms with van der Waals surface area (Å²) in [6.07, 6.45) is 6.24. The number of carbonyl (C=O) groups is 1. The van der Waals surface area contributed by atoms with E-state index in [1.807, 2.05) is 29.2 Å². The van der Waals surface area contributed by atoms with E-state index in [0.717, 1.165) is 41.7 Å². The summed E-state index contributed by atoms with van der Waals surface area (Å²) in [7, 11) is 0. The zero-order valence-corrected chi connectivity index (χ0v) is 14.0. The van der Waals surface area contributed by atoms with Gasteiger partial charge in [0.15, 0.2) is 11.7 Å². The number of benzene rings is 1. The quantitative estimate of drug-likeness (QED) is 0.823. The van der Waals surface area contributed by atoms with Crippen LogP contribution in [0.15, 0.2) is 39.4 Å². The maximum atomic E-state index is 12.1. The van der Waals surface area contributed by atoms with Crippen LogP contribution in [0.1, 0.15) is 31.6 Å². The van der Waals surface area contributed by atoms with Crippen molar-refractivity contribution in [2.24, 2.45) is 0 Å². The molecule has 0 atom stereocenters. The zero-order valence-electron chi connectivity index (χ0n) is 12.4. The van der Waals surface area contributed by atoms with Crippen LogP contribution in [0.25, 0.3) is 11.3 Å². The van der Waals surface area contributed by atoms with Gasteiger partial charge in [0.25, 0.3) is 0 Å². The van der Waals surface area contributed by atoms with Gasteiger partial charge in [0.2, 0.25) is 5.91 Å². The fraction of sp³-hybridized carbons (Fsp3) is 0.412. The maximum Gasteiger partial charge on any atom is 0.223 e. The molecular formula is C17H19BrN2O2. The Balaban J connectivity index is 1.59. The standard InChI is InChI=1S/C17H19BrN2O2/c18-14-6-4-5-13(11-14)15-12-19-16(22-15)7-8-17(21)20-9-2-1-3-10-20/h4-6,11-12H,1-3,7-10H2. The number of likely N-dealkylation sites (tertiary alicyclic amines) is 1. The van der Waals surface area contributed by atoms with E-state index in [1.165, 1.54) is 6.42 Å². The third kappa shape index (κ3) is 3.77. The van der Waals surface area contributed by atoms with Crippen molar-refractivity contribution in [3.8, 4) is 11.3 Å². The molecule has 0 unspecified atom stereocenters. The van der Waals surface area contributed by atoms with E-state index >= 15 is 0 Å². The molecule has 2 aromatic rings. The molecule has 1 aromatic heterocycles.